The maximum atomic E-state index is 6.20. The molecule has 2 N–H and O–H groups in total. The first kappa shape index (κ1) is 11.7. The Morgan fingerprint density at radius 3 is 2.38 bits per heavy atom. The molecule has 2 rings (SSSR count). The van der Waals surface area contributed by atoms with Crippen molar-refractivity contribution in [3.05, 3.63) is 22.2 Å². The van der Waals surface area contributed by atoms with Gasteiger partial charge in [-0.05, 0) is 46.8 Å². The highest BCUT2D eigenvalue weighted by atomic mass is 79.9. The van der Waals surface area contributed by atoms with Crippen LogP contribution in [0.5, 0.6) is 11.5 Å². The maximum Gasteiger partial charge on any atom is 0.133 e. The molecule has 0 radical (unpaired) electrons. The van der Waals surface area contributed by atoms with Crippen molar-refractivity contribution in [2.75, 3.05) is 14.2 Å². The maximum absolute atomic E-state index is 6.20. The second-order valence-electron chi connectivity index (χ2n) is 4.09. The molecular formula is C12H16BrNO2. The Kier molecular flexibility index (Phi) is 3.40. The molecule has 0 spiro atoms. The molecule has 3 nitrogen and oxygen atoms in total. The van der Waals surface area contributed by atoms with Crippen molar-refractivity contribution in [3.63, 3.8) is 0 Å². The molecule has 1 fully saturated rings. The molecule has 0 unspecified atom stereocenters. The molecule has 1 saturated carbocycles. The zero-order chi connectivity index (χ0) is 11.7. The minimum absolute atomic E-state index is 0.0527. The van der Waals surface area contributed by atoms with Crippen molar-refractivity contribution < 1.29 is 9.47 Å². The SMILES string of the molecule is COc1cc([C@@H](N)C2CC2)c(OC)cc1Br. The summed E-state index contributed by atoms with van der Waals surface area (Å²) in [5.74, 6) is 2.22. The first-order chi connectivity index (χ1) is 7.67. The fourth-order valence-electron chi connectivity index (χ4n) is 1.85. The zero-order valence-corrected chi connectivity index (χ0v) is 11.1. The van der Waals surface area contributed by atoms with Gasteiger partial charge in [0.25, 0.3) is 0 Å². The number of hydrogen-bond acceptors (Lipinski definition) is 3. The van der Waals surface area contributed by atoms with E-state index in [1.54, 1.807) is 14.2 Å². The van der Waals surface area contributed by atoms with Gasteiger partial charge in [0.1, 0.15) is 11.5 Å². The van der Waals surface area contributed by atoms with E-state index in [2.05, 4.69) is 15.9 Å². The van der Waals surface area contributed by atoms with Crippen LogP contribution in [0.15, 0.2) is 16.6 Å². The van der Waals surface area contributed by atoms with Gasteiger partial charge in [-0.25, -0.2) is 0 Å². The average Bonchev–Trinajstić information content (AvgIpc) is 3.11. The molecule has 0 bridgehead atoms. The lowest BCUT2D eigenvalue weighted by atomic mass is 10.0. The topological polar surface area (TPSA) is 44.5 Å². The predicted octanol–water partition coefficient (Wildman–Crippen LogP) is 2.88. The molecule has 1 aromatic carbocycles. The number of rotatable bonds is 4. The number of halogens is 1. The van der Waals surface area contributed by atoms with Crippen molar-refractivity contribution in [2.45, 2.75) is 18.9 Å². The van der Waals surface area contributed by atoms with Gasteiger partial charge in [0, 0.05) is 11.6 Å². The molecule has 1 atom stereocenters. The van der Waals surface area contributed by atoms with E-state index in [0.717, 1.165) is 21.5 Å². The minimum Gasteiger partial charge on any atom is -0.496 e. The largest absolute Gasteiger partial charge is 0.496 e. The summed E-state index contributed by atoms with van der Waals surface area (Å²) in [6.45, 7) is 0. The Labute approximate surface area is 104 Å². The molecule has 1 aliphatic rings. The summed E-state index contributed by atoms with van der Waals surface area (Å²) in [6.07, 6.45) is 2.42. The van der Waals surface area contributed by atoms with Crippen LogP contribution in [0.25, 0.3) is 0 Å². The normalized spacial score (nSPS) is 17.0. The van der Waals surface area contributed by atoms with E-state index in [4.69, 9.17) is 15.2 Å². The molecule has 0 amide bonds. The van der Waals surface area contributed by atoms with E-state index in [9.17, 15) is 0 Å². The van der Waals surface area contributed by atoms with E-state index in [1.165, 1.54) is 12.8 Å². The van der Waals surface area contributed by atoms with E-state index in [1.807, 2.05) is 12.1 Å². The molecule has 1 aromatic rings. The monoisotopic (exact) mass is 285 g/mol. The third kappa shape index (κ3) is 2.18. The summed E-state index contributed by atoms with van der Waals surface area (Å²) in [4.78, 5) is 0. The van der Waals surface area contributed by atoms with Crippen LogP contribution in [-0.4, -0.2) is 14.2 Å². The Balaban J connectivity index is 2.39. The standard InChI is InChI=1S/C12H16BrNO2/c1-15-10-6-9(13)11(16-2)5-8(10)12(14)7-3-4-7/h5-7,12H,3-4,14H2,1-2H3/t12-/m0/s1. The zero-order valence-electron chi connectivity index (χ0n) is 9.50. The van der Waals surface area contributed by atoms with Crippen molar-refractivity contribution in [1.82, 2.24) is 0 Å². The summed E-state index contributed by atoms with van der Waals surface area (Å²) in [5, 5.41) is 0. The van der Waals surface area contributed by atoms with Crippen LogP contribution in [0.1, 0.15) is 24.4 Å². The minimum atomic E-state index is 0.0527. The van der Waals surface area contributed by atoms with Gasteiger partial charge in [0.05, 0.1) is 18.7 Å². The van der Waals surface area contributed by atoms with E-state index in [-0.39, 0.29) is 6.04 Å². The molecule has 0 aliphatic heterocycles. The van der Waals surface area contributed by atoms with Crippen LogP contribution in [-0.2, 0) is 0 Å². The molecule has 88 valence electrons. The lowest BCUT2D eigenvalue weighted by molar-refractivity contribution is 0.391. The second kappa shape index (κ2) is 4.63. The van der Waals surface area contributed by atoms with Gasteiger partial charge in [0.15, 0.2) is 0 Å². The van der Waals surface area contributed by atoms with Crippen LogP contribution in [0.4, 0.5) is 0 Å². The molecule has 4 heteroatoms. The van der Waals surface area contributed by atoms with E-state index in [0.29, 0.717) is 5.92 Å². The van der Waals surface area contributed by atoms with Gasteiger partial charge in [-0.3, -0.25) is 0 Å². The summed E-state index contributed by atoms with van der Waals surface area (Å²) in [5.41, 5.74) is 7.23. The fourth-order valence-corrected chi connectivity index (χ4v) is 2.34. The lowest BCUT2D eigenvalue weighted by Gasteiger charge is -2.17. The third-order valence-electron chi connectivity index (χ3n) is 2.99. The lowest BCUT2D eigenvalue weighted by Crippen LogP contribution is -2.13. The molecule has 0 aromatic heterocycles. The Morgan fingerprint density at radius 2 is 1.88 bits per heavy atom. The van der Waals surface area contributed by atoms with Crippen LogP contribution in [0, 0.1) is 5.92 Å². The summed E-state index contributed by atoms with van der Waals surface area (Å²) >= 11 is 3.44. The Bertz CT molecular complexity index is 391. The van der Waals surface area contributed by atoms with Crippen LogP contribution in [0.3, 0.4) is 0 Å². The number of nitrogens with two attached hydrogens (primary N) is 1. The second-order valence-corrected chi connectivity index (χ2v) is 4.95. The predicted molar refractivity (Wildman–Crippen MR) is 66.9 cm³/mol. The highest BCUT2D eigenvalue weighted by Gasteiger charge is 2.31. The summed E-state index contributed by atoms with van der Waals surface area (Å²) in [6, 6.07) is 3.93. The number of hydrogen-bond donors (Lipinski definition) is 1. The van der Waals surface area contributed by atoms with Gasteiger partial charge < -0.3 is 15.2 Å². The highest BCUT2D eigenvalue weighted by Crippen LogP contribution is 2.44. The molecule has 0 saturated heterocycles. The van der Waals surface area contributed by atoms with Gasteiger partial charge in [-0.2, -0.15) is 0 Å². The quantitative estimate of drug-likeness (QED) is 0.925. The number of ether oxygens (including phenoxy) is 2. The smallest absolute Gasteiger partial charge is 0.133 e. The van der Waals surface area contributed by atoms with Gasteiger partial charge in [-0.1, -0.05) is 0 Å². The van der Waals surface area contributed by atoms with Gasteiger partial charge >= 0.3 is 0 Å². The summed E-state index contributed by atoms with van der Waals surface area (Å²) < 4.78 is 11.5. The van der Waals surface area contributed by atoms with Gasteiger partial charge in [0.2, 0.25) is 0 Å². The third-order valence-corrected chi connectivity index (χ3v) is 3.61. The Morgan fingerprint density at radius 1 is 1.25 bits per heavy atom. The molecule has 0 heterocycles. The van der Waals surface area contributed by atoms with Crippen molar-refractivity contribution in [3.8, 4) is 11.5 Å². The van der Waals surface area contributed by atoms with Crippen molar-refractivity contribution >= 4 is 15.9 Å². The summed E-state index contributed by atoms with van der Waals surface area (Å²) in [7, 11) is 3.32. The van der Waals surface area contributed by atoms with Crippen molar-refractivity contribution in [1.29, 1.82) is 0 Å². The molecular weight excluding hydrogens is 270 g/mol. The van der Waals surface area contributed by atoms with Crippen LogP contribution in [0.2, 0.25) is 0 Å². The first-order valence-corrected chi connectivity index (χ1v) is 6.13. The van der Waals surface area contributed by atoms with Crippen LogP contribution < -0.4 is 15.2 Å². The van der Waals surface area contributed by atoms with E-state index >= 15 is 0 Å². The van der Waals surface area contributed by atoms with Gasteiger partial charge in [-0.15, -0.1) is 0 Å². The van der Waals surface area contributed by atoms with Crippen LogP contribution >= 0.6 is 15.9 Å². The van der Waals surface area contributed by atoms with E-state index < -0.39 is 0 Å². The van der Waals surface area contributed by atoms with Crippen molar-refractivity contribution in [2.24, 2.45) is 11.7 Å². The first-order valence-electron chi connectivity index (χ1n) is 5.34. The Hall–Kier alpha value is -0.740. The number of benzene rings is 1. The molecule has 16 heavy (non-hydrogen) atoms. The number of methoxy groups -OCH3 is 2. The average molecular weight is 286 g/mol. The molecule has 1 aliphatic carbocycles. The fraction of sp³-hybridized carbons (Fsp3) is 0.500. The highest BCUT2D eigenvalue weighted by molar-refractivity contribution is 9.10.